The Labute approximate surface area is 109 Å². The van der Waals surface area contributed by atoms with Crippen LogP contribution in [0.25, 0.3) is 0 Å². The van der Waals surface area contributed by atoms with Crippen molar-refractivity contribution in [3.63, 3.8) is 0 Å². The van der Waals surface area contributed by atoms with Crippen molar-refractivity contribution in [3.8, 4) is 0 Å². The summed E-state index contributed by atoms with van der Waals surface area (Å²) in [5, 5.41) is 3.59. The maximum absolute atomic E-state index is 3.59. The third kappa shape index (κ3) is 8.62. The highest BCUT2D eigenvalue weighted by molar-refractivity contribution is 4.74. The molecule has 0 aromatic rings. The average molecular weight is 242 g/mol. The van der Waals surface area contributed by atoms with Crippen molar-refractivity contribution in [2.45, 2.75) is 78.8 Å². The molecule has 0 saturated heterocycles. The Morgan fingerprint density at radius 1 is 0.941 bits per heavy atom. The molecule has 2 nitrogen and oxygen atoms in total. The highest BCUT2D eigenvalue weighted by Gasteiger charge is 2.15. The Hall–Kier alpha value is -0.0800. The van der Waals surface area contributed by atoms with Crippen molar-refractivity contribution >= 4 is 0 Å². The second-order valence-corrected chi connectivity index (χ2v) is 5.37. The average Bonchev–Trinajstić information content (AvgIpc) is 2.31. The van der Waals surface area contributed by atoms with Crippen molar-refractivity contribution in [3.05, 3.63) is 0 Å². The lowest BCUT2D eigenvalue weighted by Crippen LogP contribution is -2.44. The van der Waals surface area contributed by atoms with Gasteiger partial charge in [0.15, 0.2) is 0 Å². The van der Waals surface area contributed by atoms with Crippen molar-refractivity contribution in [1.82, 2.24) is 10.2 Å². The molecule has 104 valence electrons. The molecule has 17 heavy (non-hydrogen) atoms. The molecule has 0 aromatic heterocycles. The van der Waals surface area contributed by atoms with E-state index in [0.29, 0.717) is 6.04 Å². The molecule has 0 aliphatic heterocycles. The van der Waals surface area contributed by atoms with E-state index in [2.05, 4.69) is 44.8 Å². The summed E-state index contributed by atoms with van der Waals surface area (Å²) in [4.78, 5) is 2.70. The predicted octanol–water partition coefficient (Wildman–Crippen LogP) is 3.67. The summed E-state index contributed by atoms with van der Waals surface area (Å²) in [7, 11) is 0. The maximum atomic E-state index is 3.59. The zero-order valence-electron chi connectivity index (χ0n) is 12.8. The standard InChI is InChI=1S/C15H34N2/c1-6-9-11-17(12-10-7-2)15(8-3)13-16-14(4)5/h14-16H,6-13H2,1-5H3. The second-order valence-electron chi connectivity index (χ2n) is 5.37. The molecular weight excluding hydrogens is 208 g/mol. The van der Waals surface area contributed by atoms with Crippen molar-refractivity contribution in [2.24, 2.45) is 0 Å². The largest absolute Gasteiger partial charge is 0.313 e. The van der Waals surface area contributed by atoms with E-state index in [1.165, 1.54) is 45.2 Å². The van der Waals surface area contributed by atoms with Gasteiger partial charge in [-0.3, -0.25) is 4.90 Å². The van der Waals surface area contributed by atoms with Crippen LogP contribution in [-0.4, -0.2) is 36.6 Å². The molecule has 0 aliphatic carbocycles. The highest BCUT2D eigenvalue weighted by Crippen LogP contribution is 2.08. The Kier molecular flexibility index (Phi) is 11.0. The van der Waals surface area contributed by atoms with Crippen molar-refractivity contribution < 1.29 is 0 Å². The first-order valence-corrected chi connectivity index (χ1v) is 7.63. The molecule has 0 rings (SSSR count). The van der Waals surface area contributed by atoms with E-state index in [1.807, 2.05) is 0 Å². The van der Waals surface area contributed by atoms with E-state index < -0.39 is 0 Å². The van der Waals surface area contributed by atoms with Gasteiger partial charge >= 0.3 is 0 Å². The van der Waals surface area contributed by atoms with Crippen LogP contribution in [0.3, 0.4) is 0 Å². The summed E-state index contributed by atoms with van der Waals surface area (Å²) in [5.74, 6) is 0. The number of unbranched alkanes of at least 4 members (excludes halogenated alkanes) is 2. The van der Waals surface area contributed by atoms with Gasteiger partial charge in [0.1, 0.15) is 0 Å². The third-order valence-electron chi connectivity index (χ3n) is 3.35. The molecule has 1 N–H and O–H groups in total. The second kappa shape index (κ2) is 11.0. The first-order valence-electron chi connectivity index (χ1n) is 7.63. The van der Waals surface area contributed by atoms with Crippen LogP contribution >= 0.6 is 0 Å². The molecule has 1 unspecified atom stereocenters. The normalized spacial score (nSPS) is 13.6. The summed E-state index contributed by atoms with van der Waals surface area (Å²) in [6, 6.07) is 1.32. The number of nitrogens with one attached hydrogen (secondary N) is 1. The summed E-state index contributed by atoms with van der Waals surface area (Å²) < 4.78 is 0. The lowest BCUT2D eigenvalue weighted by Gasteiger charge is -2.32. The lowest BCUT2D eigenvalue weighted by atomic mass is 10.1. The van der Waals surface area contributed by atoms with Gasteiger partial charge < -0.3 is 5.32 Å². The third-order valence-corrected chi connectivity index (χ3v) is 3.35. The van der Waals surface area contributed by atoms with E-state index in [4.69, 9.17) is 0 Å². The predicted molar refractivity (Wildman–Crippen MR) is 78.6 cm³/mol. The van der Waals surface area contributed by atoms with Crippen LogP contribution in [0.15, 0.2) is 0 Å². The molecular formula is C15H34N2. The molecule has 0 bridgehead atoms. The molecule has 0 saturated carbocycles. The maximum Gasteiger partial charge on any atom is 0.0218 e. The van der Waals surface area contributed by atoms with E-state index in [-0.39, 0.29) is 0 Å². The van der Waals surface area contributed by atoms with Gasteiger partial charge in [-0.1, -0.05) is 47.5 Å². The Balaban J connectivity index is 4.16. The molecule has 0 amide bonds. The van der Waals surface area contributed by atoms with E-state index in [9.17, 15) is 0 Å². The molecule has 0 radical (unpaired) electrons. The van der Waals surface area contributed by atoms with E-state index in [0.717, 1.165) is 12.6 Å². The van der Waals surface area contributed by atoms with Crippen LogP contribution in [0.2, 0.25) is 0 Å². The van der Waals surface area contributed by atoms with Gasteiger partial charge in [0.25, 0.3) is 0 Å². The summed E-state index contributed by atoms with van der Waals surface area (Å²) in [6.07, 6.45) is 6.53. The number of hydrogen-bond donors (Lipinski definition) is 1. The van der Waals surface area contributed by atoms with E-state index in [1.54, 1.807) is 0 Å². The van der Waals surface area contributed by atoms with Gasteiger partial charge in [0.05, 0.1) is 0 Å². The van der Waals surface area contributed by atoms with Crippen LogP contribution < -0.4 is 5.32 Å². The fourth-order valence-electron chi connectivity index (χ4n) is 2.10. The quantitative estimate of drug-likeness (QED) is 0.595. The Morgan fingerprint density at radius 3 is 1.82 bits per heavy atom. The van der Waals surface area contributed by atoms with Gasteiger partial charge in [-0.15, -0.1) is 0 Å². The summed E-state index contributed by atoms with van der Waals surface area (Å²) in [6.45, 7) is 15.0. The number of rotatable bonds is 11. The van der Waals surface area contributed by atoms with Crippen LogP contribution in [0, 0.1) is 0 Å². The Bertz CT molecular complexity index is 149. The SMILES string of the molecule is CCCCN(CCCC)C(CC)CNC(C)C. The van der Waals surface area contributed by atoms with Crippen LogP contribution in [0.5, 0.6) is 0 Å². The molecule has 1 atom stereocenters. The van der Waals surface area contributed by atoms with Gasteiger partial charge in [0, 0.05) is 18.6 Å². The molecule has 0 heterocycles. The fraction of sp³-hybridized carbons (Fsp3) is 1.00. The molecule has 0 spiro atoms. The smallest absolute Gasteiger partial charge is 0.0218 e. The molecule has 0 fully saturated rings. The molecule has 0 aliphatic rings. The summed E-state index contributed by atoms with van der Waals surface area (Å²) in [5.41, 5.74) is 0. The number of hydrogen-bond acceptors (Lipinski definition) is 2. The topological polar surface area (TPSA) is 15.3 Å². The Morgan fingerprint density at radius 2 is 1.47 bits per heavy atom. The minimum absolute atomic E-state index is 0.600. The van der Waals surface area contributed by atoms with Crippen molar-refractivity contribution in [1.29, 1.82) is 0 Å². The zero-order chi connectivity index (χ0) is 13.1. The fourth-order valence-corrected chi connectivity index (χ4v) is 2.10. The van der Waals surface area contributed by atoms with Crippen LogP contribution in [0.4, 0.5) is 0 Å². The minimum atomic E-state index is 0.600. The molecule has 2 heteroatoms. The number of nitrogens with zero attached hydrogens (tertiary/aromatic N) is 1. The molecule has 0 aromatic carbocycles. The van der Waals surface area contributed by atoms with Crippen molar-refractivity contribution in [2.75, 3.05) is 19.6 Å². The van der Waals surface area contributed by atoms with Gasteiger partial charge in [0.2, 0.25) is 0 Å². The lowest BCUT2D eigenvalue weighted by molar-refractivity contribution is 0.179. The van der Waals surface area contributed by atoms with Crippen LogP contribution in [0.1, 0.15) is 66.7 Å². The zero-order valence-corrected chi connectivity index (χ0v) is 12.8. The van der Waals surface area contributed by atoms with E-state index >= 15 is 0 Å². The van der Waals surface area contributed by atoms with Gasteiger partial charge in [-0.25, -0.2) is 0 Å². The first kappa shape index (κ1) is 16.9. The monoisotopic (exact) mass is 242 g/mol. The van der Waals surface area contributed by atoms with Crippen LogP contribution in [-0.2, 0) is 0 Å². The minimum Gasteiger partial charge on any atom is -0.313 e. The first-order chi connectivity index (χ1) is 8.15. The van der Waals surface area contributed by atoms with Gasteiger partial charge in [-0.2, -0.15) is 0 Å². The summed E-state index contributed by atoms with van der Waals surface area (Å²) >= 11 is 0. The highest BCUT2D eigenvalue weighted by atomic mass is 15.2. The van der Waals surface area contributed by atoms with Gasteiger partial charge in [-0.05, 0) is 32.4 Å².